The van der Waals surface area contributed by atoms with Crippen molar-refractivity contribution in [2.45, 2.75) is 18.8 Å². The van der Waals surface area contributed by atoms with E-state index < -0.39 is 11.5 Å². The lowest BCUT2D eigenvalue weighted by atomic mass is 9.96. The van der Waals surface area contributed by atoms with E-state index in [0.717, 1.165) is 15.3 Å². The molecule has 4 aromatic rings. The van der Waals surface area contributed by atoms with Crippen molar-refractivity contribution in [3.63, 3.8) is 0 Å². The van der Waals surface area contributed by atoms with Gasteiger partial charge in [0.1, 0.15) is 16.0 Å². The standard InChI is InChI=1S/C27H27ClN2O5S/c1-30-14-23(25(32)29-13-18-8-10-20(28)11-9-18)24(31)22-12-21(36-26(22)30)15-35-17-27(33,16-34-2)19-6-4-3-5-7-19/h3-12,14,33H,13,15-17H2,1-2H3,(H,29,32). The third-order valence-corrected chi connectivity index (χ3v) is 7.24. The van der Waals surface area contributed by atoms with Crippen LogP contribution < -0.4 is 10.7 Å². The van der Waals surface area contributed by atoms with Gasteiger partial charge in [-0.05, 0) is 29.3 Å². The fraction of sp³-hybridized carbons (Fsp3) is 0.259. The molecule has 7 nitrogen and oxygen atoms in total. The quantitative estimate of drug-likeness (QED) is 0.323. The van der Waals surface area contributed by atoms with E-state index in [1.165, 1.54) is 18.4 Å². The third-order valence-electron chi connectivity index (χ3n) is 5.79. The Balaban J connectivity index is 1.47. The molecule has 36 heavy (non-hydrogen) atoms. The van der Waals surface area contributed by atoms with Gasteiger partial charge in [0.15, 0.2) is 0 Å². The number of rotatable bonds is 10. The number of aromatic nitrogens is 1. The van der Waals surface area contributed by atoms with Crippen molar-refractivity contribution in [1.82, 2.24) is 9.88 Å². The average Bonchev–Trinajstić information content (AvgIpc) is 3.31. The van der Waals surface area contributed by atoms with Crippen molar-refractivity contribution >= 4 is 39.1 Å². The van der Waals surface area contributed by atoms with Crippen LogP contribution in [-0.4, -0.2) is 35.9 Å². The fourth-order valence-corrected chi connectivity index (χ4v) is 5.09. The Kier molecular flexibility index (Phi) is 8.23. The zero-order chi connectivity index (χ0) is 25.7. The summed E-state index contributed by atoms with van der Waals surface area (Å²) in [5.41, 5.74) is 0.0218. The second-order valence-electron chi connectivity index (χ2n) is 8.55. The van der Waals surface area contributed by atoms with E-state index in [0.29, 0.717) is 16.0 Å². The zero-order valence-corrected chi connectivity index (χ0v) is 21.6. The van der Waals surface area contributed by atoms with Gasteiger partial charge in [-0.15, -0.1) is 11.3 Å². The molecule has 2 aromatic carbocycles. The number of benzene rings is 2. The van der Waals surface area contributed by atoms with Crippen LogP contribution in [0, 0.1) is 0 Å². The summed E-state index contributed by atoms with van der Waals surface area (Å²) in [7, 11) is 3.32. The van der Waals surface area contributed by atoms with Gasteiger partial charge in [0.25, 0.3) is 5.91 Å². The molecule has 0 fully saturated rings. The van der Waals surface area contributed by atoms with E-state index in [1.54, 1.807) is 36.0 Å². The normalized spacial score (nSPS) is 13.0. The smallest absolute Gasteiger partial charge is 0.257 e. The molecule has 1 unspecified atom stereocenters. The number of ether oxygens (including phenoxy) is 2. The molecule has 9 heteroatoms. The Hall–Kier alpha value is -3.01. The monoisotopic (exact) mass is 526 g/mol. The summed E-state index contributed by atoms with van der Waals surface area (Å²) in [5.74, 6) is -0.441. The lowest BCUT2D eigenvalue weighted by Gasteiger charge is -2.27. The summed E-state index contributed by atoms with van der Waals surface area (Å²) in [5, 5.41) is 14.9. The maximum Gasteiger partial charge on any atom is 0.257 e. The van der Waals surface area contributed by atoms with Crippen molar-refractivity contribution in [2.24, 2.45) is 7.05 Å². The van der Waals surface area contributed by atoms with Gasteiger partial charge in [-0.3, -0.25) is 9.59 Å². The van der Waals surface area contributed by atoms with Crippen LogP contribution >= 0.6 is 22.9 Å². The van der Waals surface area contributed by atoms with Crippen molar-refractivity contribution in [1.29, 1.82) is 0 Å². The van der Waals surface area contributed by atoms with Gasteiger partial charge in [0, 0.05) is 36.8 Å². The highest BCUT2D eigenvalue weighted by molar-refractivity contribution is 7.18. The van der Waals surface area contributed by atoms with E-state index >= 15 is 0 Å². The van der Waals surface area contributed by atoms with Crippen LogP contribution in [0.4, 0.5) is 0 Å². The first-order valence-corrected chi connectivity index (χ1v) is 12.5. The number of aryl methyl sites for hydroxylation is 1. The maximum absolute atomic E-state index is 13.1. The third kappa shape index (κ3) is 5.86. The average molecular weight is 527 g/mol. The number of nitrogens with one attached hydrogen (secondary N) is 1. The van der Waals surface area contributed by atoms with Crippen LogP contribution in [0.25, 0.3) is 10.2 Å². The second-order valence-corrected chi connectivity index (χ2v) is 10.1. The van der Waals surface area contributed by atoms with Crippen LogP contribution in [0.3, 0.4) is 0 Å². The summed E-state index contributed by atoms with van der Waals surface area (Å²) in [6, 6.07) is 18.1. The van der Waals surface area contributed by atoms with Crippen molar-refractivity contribution in [3.05, 3.63) is 104 Å². The topological polar surface area (TPSA) is 89.8 Å². The molecular weight excluding hydrogens is 500 g/mol. The lowest BCUT2D eigenvalue weighted by Crippen LogP contribution is -2.36. The minimum absolute atomic E-state index is 0.0216. The van der Waals surface area contributed by atoms with Crippen LogP contribution in [0.5, 0.6) is 0 Å². The molecule has 2 heterocycles. The largest absolute Gasteiger partial charge is 0.381 e. The zero-order valence-electron chi connectivity index (χ0n) is 20.0. The number of amides is 1. The number of fused-ring (bicyclic) bond motifs is 1. The van der Waals surface area contributed by atoms with E-state index in [4.69, 9.17) is 21.1 Å². The predicted octanol–water partition coefficient (Wildman–Crippen LogP) is 4.23. The minimum atomic E-state index is -1.30. The summed E-state index contributed by atoms with van der Waals surface area (Å²) < 4.78 is 12.8. The number of carbonyl (C=O) groups is 1. The van der Waals surface area contributed by atoms with E-state index in [9.17, 15) is 14.7 Å². The molecule has 0 aliphatic heterocycles. The first-order chi connectivity index (χ1) is 17.3. The van der Waals surface area contributed by atoms with E-state index in [2.05, 4.69) is 5.32 Å². The fourth-order valence-electron chi connectivity index (χ4n) is 3.94. The van der Waals surface area contributed by atoms with Crippen LogP contribution in [0.2, 0.25) is 5.02 Å². The number of thiophene rings is 1. The summed E-state index contributed by atoms with van der Waals surface area (Å²) in [6.45, 7) is 0.590. The highest BCUT2D eigenvalue weighted by atomic mass is 35.5. The first-order valence-electron chi connectivity index (χ1n) is 11.3. The molecule has 0 bridgehead atoms. The molecule has 2 N–H and O–H groups in total. The minimum Gasteiger partial charge on any atom is -0.381 e. The number of carbonyl (C=O) groups excluding carboxylic acids is 1. The SMILES string of the molecule is COCC(O)(COCc1cc2c(=O)c(C(=O)NCc3ccc(Cl)cc3)cn(C)c2s1)c1ccccc1. The van der Waals surface area contributed by atoms with Gasteiger partial charge in [-0.25, -0.2) is 0 Å². The van der Waals surface area contributed by atoms with Gasteiger partial charge in [0.05, 0.1) is 25.2 Å². The Bertz CT molecular complexity index is 1400. The number of nitrogens with zero attached hydrogens (tertiary/aromatic N) is 1. The Labute approximate surface area is 217 Å². The number of hydrogen-bond donors (Lipinski definition) is 2. The Morgan fingerprint density at radius 3 is 2.56 bits per heavy atom. The second kappa shape index (κ2) is 11.4. The summed E-state index contributed by atoms with van der Waals surface area (Å²) in [6.07, 6.45) is 1.55. The molecule has 4 rings (SSSR count). The van der Waals surface area contributed by atoms with Crippen molar-refractivity contribution in [2.75, 3.05) is 20.3 Å². The first kappa shape index (κ1) is 26.1. The maximum atomic E-state index is 13.1. The molecule has 0 saturated carbocycles. The summed E-state index contributed by atoms with van der Waals surface area (Å²) >= 11 is 7.32. The molecule has 188 valence electrons. The molecule has 1 amide bonds. The molecule has 0 aliphatic carbocycles. The van der Waals surface area contributed by atoms with Gasteiger partial charge in [-0.2, -0.15) is 0 Å². The number of halogens is 1. The van der Waals surface area contributed by atoms with Crippen LogP contribution in [0.15, 0.2) is 71.7 Å². The van der Waals surface area contributed by atoms with Crippen molar-refractivity contribution < 1.29 is 19.4 Å². The predicted molar refractivity (Wildman–Crippen MR) is 142 cm³/mol. The number of hydrogen-bond acceptors (Lipinski definition) is 6. The Morgan fingerprint density at radius 1 is 1.14 bits per heavy atom. The van der Waals surface area contributed by atoms with Gasteiger partial charge < -0.3 is 24.5 Å². The van der Waals surface area contributed by atoms with Crippen LogP contribution in [0.1, 0.15) is 26.4 Å². The van der Waals surface area contributed by atoms with Gasteiger partial charge in [0.2, 0.25) is 5.43 Å². The Morgan fingerprint density at radius 2 is 1.86 bits per heavy atom. The highest BCUT2D eigenvalue weighted by Gasteiger charge is 2.30. The number of methoxy groups -OCH3 is 1. The summed E-state index contributed by atoms with van der Waals surface area (Å²) in [4.78, 5) is 27.4. The van der Waals surface area contributed by atoms with Gasteiger partial charge in [-0.1, -0.05) is 54.1 Å². The molecule has 2 aromatic heterocycles. The number of aliphatic hydroxyl groups is 1. The van der Waals surface area contributed by atoms with Crippen molar-refractivity contribution in [3.8, 4) is 0 Å². The molecule has 1 atom stereocenters. The van der Waals surface area contributed by atoms with E-state index in [1.807, 2.05) is 42.5 Å². The lowest BCUT2D eigenvalue weighted by molar-refractivity contribution is -0.0956. The number of pyridine rings is 1. The molecular formula is C27H27ClN2O5S. The highest BCUT2D eigenvalue weighted by Crippen LogP contribution is 2.26. The molecule has 0 radical (unpaired) electrons. The van der Waals surface area contributed by atoms with Crippen LogP contribution in [-0.2, 0) is 35.3 Å². The van der Waals surface area contributed by atoms with E-state index in [-0.39, 0.29) is 37.4 Å². The molecule has 0 spiro atoms. The molecule has 0 aliphatic rings. The molecule has 0 saturated heterocycles. The van der Waals surface area contributed by atoms with Gasteiger partial charge >= 0.3 is 0 Å².